The van der Waals surface area contributed by atoms with Gasteiger partial charge in [-0.2, -0.15) is 0 Å². The van der Waals surface area contributed by atoms with Crippen LogP contribution in [0.2, 0.25) is 0 Å². The number of hydrogen-bond acceptors (Lipinski definition) is 2. The third-order valence-electron chi connectivity index (χ3n) is 2.56. The van der Waals surface area contributed by atoms with Gasteiger partial charge < -0.3 is 4.74 Å². The molecule has 0 amide bonds. The summed E-state index contributed by atoms with van der Waals surface area (Å²) in [6.07, 6.45) is 2.37. The zero-order valence-electron chi connectivity index (χ0n) is 10.2. The molecule has 2 nitrogen and oxygen atoms in total. The van der Waals surface area contributed by atoms with Crippen LogP contribution in [0.1, 0.15) is 47.5 Å². The number of ether oxygens (including phenoxy) is 1. The first-order chi connectivity index (χ1) is 6.43. The highest BCUT2D eigenvalue weighted by atomic mass is 16.5. The van der Waals surface area contributed by atoms with Crippen LogP contribution >= 0.6 is 0 Å². The lowest BCUT2D eigenvalue weighted by molar-refractivity contribution is -0.142. The minimum Gasteiger partial charge on any atom is -0.466 e. The van der Waals surface area contributed by atoms with E-state index in [0.29, 0.717) is 18.4 Å². The summed E-state index contributed by atoms with van der Waals surface area (Å²) in [7, 11) is 0. The summed E-state index contributed by atoms with van der Waals surface area (Å²) in [5, 5.41) is 0. The van der Waals surface area contributed by atoms with Gasteiger partial charge in [0.2, 0.25) is 0 Å². The van der Waals surface area contributed by atoms with Gasteiger partial charge >= 0.3 is 5.97 Å². The highest BCUT2D eigenvalue weighted by molar-refractivity contribution is 5.65. The van der Waals surface area contributed by atoms with Crippen molar-refractivity contribution in [2.45, 2.75) is 47.5 Å². The molecule has 0 saturated carbocycles. The first-order valence-corrected chi connectivity index (χ1v) is 5.56. The van der Waals surface area contributed by atoms with Crippen molar-refractivity contribution in [3.05, 3.63) is 0 Å². The molecule has 0 aromatic rings. The van der Waals surface area contributed by atoms with Crippen LogP contribution in [-0.4, -0.2) is 12.6 Å². The number of hydrogen-bond donors (Lipinski definition) is 0. The van der Waals surface area contributed by atoms with Crippen molar-refractivity contribution in [1.82, 2.24) is 0 Å². The van der Waals surface area contributed by atoms with Crippen LogP contribution in [0.3, 0.4) is 0 Å². The summed E-state index contributed by atoms with van der Waals surface area (Å²) in [5.74, 6) is 1.67. The van der Waals surface area contributed by atoms with Crippen molar-refractivity contribution in [3.8, 4) is 0 Å². The van der Waals surface area contributed by atoms with Crippen LogP contribution in [0.4, 0.5) is 0 Å². The molecule has 0 heterocycles. The third kappa shape index (κ3) is 6.93. The first kappa shape index (κ1) is 13.5. The average molecular weight is 200 g/mol. The Kier molecular flexibility index (Phi) is 6.60. The molecule has 84 valence electrons. The Balaban J connectivity index is 3.84. The first-order valence-electron chi connectivity index (χ1n) is 5.56. The molecule has 1 atom stereocenters. The fraction of sp³-hybridized carbons (Fsp3) is 0.917. The molecule has 0 fully saturated rings. The van der Waals surface area contributed by atoms with Gasteiger partial charge in [-0.1, -0.05) is 34.1 Å². The standard InChI is InChI=1S/C12H24O2/c1-9(2)6-7-12(10(3)4)8-14-11(5)13/h9-10,12H,6-8H2,1-5H3/t12-/m1/s1. The number of carbonyl (C=O) groups excluding carboxylic acids is 1. The Labute approximate surface area is 88.0 Å². The molecule has 2 heteroatoms. The molecule has 0 aliphatic rings. The van der Waals surface area contributed by atoms with Gasteiger partial charge in [-0.05, 0) is 24.2 Å². The van der Waals surface area contributed by atoms with Crippen LogP contribution in [0.25, 0.3) is 0 Å². The van der Waals surface area contributed by atoms with Crippen LogP contribution in [0.5, 0.6) is 0 Å². The second-order valence-electron chi connectivity index (χ2n) is 4.78. The van der Waals surface area contributed by atoms with E-state index in [1.807, 2.05) is 0 Å². The van der Waals surface area contributed by atoms with Crippen molar-refractivity contribution in [2.24, 2.45) is 17.8 Å². The Morgan fingerprint density at radius 2 is 1.71 bits per heavy atom. The largest absolute Gasteiger partial charge is 0.466 e. The van der Waals surface area contributed by atoms with Crippen LogP contribution in [0, 0.1) is 17.8 Å². The Hall–Kier alpha value is -0.530. The molecule has 0 radical (unpaired) electrons. The molecule has 0 bridgehead atoms. The van der Waals surface area contributed by atoms with E-state index in [1.165, 1.54) is 13.3 Å². The van der Waals surface area contributed by atoms with Gasteiger partial charge in [-0.3, -0.25) is 4.79 Å². The maximum absolute atomic E-state index is 10.7. The lowest BCUT2D eigenvalue weighted by atomic mass is 9.89. The number of esters is 1. The maximum Gasteiger partial charge on any atom is 0.302 e. The van der Waals surface area contributed by atoms with E-state index in [4.69, 9.17) is 4.74 Å². The molecular formula is C12H24O2. The lowest BCUT2D eigenvalue weighted by Gasteiger charge is -2.21. The van der Waals surface area contributed by atoms with E-state index in [9.17, 15) is 4.79 Å². The Morgan fingerprint density at radius 3 is 2.07 bits per heavy atom. The van der Waals surface area contributed by atoms with Gasteiger partial charge in [-0.15, -0.1) is 0 Å². The van der Waals surface area contributed by atoms with Crippen molar-refractivity contribution in [3.63, 3.8) is 0 Å². The van der Waals surface area contributed by atoms with E-state index in [2.05, 4.69) is 27.7 Å². The molecular weight excluding hydrogens is 176 g/mol. The van der Waals surface area contributed by atoms with Crippen LogP contribution in [-0.2, 0) is 9.53 Å². The van der Waals surface area contributed by atoms with Gasteiger partial charge in [0.1, 0.15) is 0 Å². The molecule has 0 aromatic carbocycles. The zero-order chi connectivity index (χ0) is 11.1. The molecule has 0 aliphatic heterocycles. The van der Waals surface area contributed by atoms with E-state index in [-0.39, 0.29) is 5.97 Å². The van der Waals surface area contributed by atoms with Crippen LogP contribution in [0.15, 0.2) is 0 Å². The van der Waals surface area contributed by atoms with Crippen LogP contribution < -0.4 is 0 Å². The minimum absolute atomic E-state index is 0.166. The molecule has 0 aromatic heterocycles. The van der Waals surface area contributed by atoms with E-state index in [1.54, 1.807) is 0 Å². The van der Waals surface area contributed by atoms with Crippen molar-refractivity contribution < 1.29 is 9.53 Å². The molecule has 0 rings (SSSR count). The second-order valence-corrected chi connectivity index (χ2v) is 4.78. The van der Waals surface area contributed by atoms with E-state index < -0.39 is 0 Å². The Bertz CT molecular complexity index is 162. The molecule has 0 aliphatic carbocycles. The fourth-order valence-electron chi connectivity index (χ4n) is 1.38. The summed E-state index contributed by atoms with van der Waals surface area (Å²) in [6, 6.07) is 0. The predicted molar refractivity (Wildman–Crippen MR) is 59.0 cm³/mol. The van der Waals surface area contributed by atoms with Gasteiger partial charge in [-0.25, -0.2) is 0 Å². The quantitative estimate of drug-likeness (QED) is 0.615. The summed E-state index contributed by atoms with van der Waals surface area (Å²) >= 11 is 0. The molecule has 14 heavy (non-hydrogen) atoms. The monoisotopic (exact) mass is 200 g/mol. The van der Waals surface area contributed by atoms with Crippen molar-refractivity contribution in [2.75, 3.05) is 6.61 Å². The summed E-state index contributed by atoms with van der Waals surface area (Å²) < 4.78 is 5.06. The van der Waals surface area contributed by atoms with Gasteiger partial charge in [0.15, 0.2) is 0 Å². The van der Waals surface area contributed by atoms with Crippen molar-refractivity contribution >= 4 is 5.97 Å². The summed E-state index contributed by atoms with van der Waals surface area (Å²) in [6.45, 7) is 10.9. The van der Waals surface area contributed by atoms with Gasteiger partial charge in [0.25, 0.3) is 0 Å². The van der Waals surface area contributed by atoms with E-state index >= 15 is 0 Å². The van der Waals surface area contributed by atoms with Gasteiger partial charge in [0, 0.05) is 6.92 Å². The Morgan fingerprint density at radius 1 is 1.14 bits per heavy atom. The smallest absolute Gasteiger partial charge is 0.302 e. The average Bonchev–Trinajstić information content (AvgIpc) is 2.02. The minimum atomic E-state index is -0.166. The molecule has 0 spiro atoms. The SMILES string of the molecule is CC(=O)OC[C@@H](CCC(C)C)C(C)C. The molecule has 0 unspecified atom stereocenters. The highest BCUT2D eigenvalue weighted by Gasteiger charge is 2.15. The predicted octanol–water partition coefficient (Wildman–Crippen LogP) is 3.26. The summed E-state index contributed by atoms with van der Waals surface area (Å²) in [5.41, 5.74) is 0. The molecule has 0 saturated heterocycles. The highest BCUT2D eigenvalue weighted by Crippen LogP contribution is 2.20. The zero-order valence-corrected chi connectivity index (χ0v) is 10.2. The summed E-state index contributed by atoms with van der Waals surface area (Å²) in [4.78, 5) is 10.7. The van der Waals surface area contributed by atoms with Crippen molar-refractivity contribution in [1.29, 1.82) is 0 Å². The molecule has 0 N–H and O–H groups in total. The topological polar surface area (TPSA) is 26.3 Å². The van der Waals surface area contributed by atoms with E-state index in [0.717, 1.165) is 12.3 Å². The number of carbonyl (C=O) groups is 1. The third-order valence-corrected chi connectivity index (χ3v) is 2.56. The normalized spacial score (nSPS) is 13.4. The van der Waals surface area contributed by atoms with Gasteiger partial charge in [0.05, 0.1) is 6.61 Å². The number of rotatable bonds is 6. The fourth-order valence-corrected chi connectivity index (χ4v) is 1.38. The second kappa shape index (κ2) is 6.86. The maximum atomic E-state index is 10.7. The lowest BCUT2D eigenvalue weighted by Crippen LogP contribution is -2.18.